The normalized spacial score (nSPS) is 18.7. The van der Waals surface area contributed by atoms with Crippen LogP contribution in [0.15, 0.2) is 41.9 Å². The van der Waals surface area contributed by atoms with E-state index >= 15 is 0 Å². The van der Waals surface area contributed by atoms with Gasteiger partial charge in [0.1, 0.15) is 5.01 Å². The van der Waals surface area contributed by atoms with E-state index in [-0.39, 0.29) is 66.3 Å². The molecule has 3 amide bonds. The Hall–Kier alpha value is -3.19. The molecule has 12 heteroatoms. The highest BCUT2D eigenvalue weighted by Crippen LogP contribution is 2.31. The first kappa shape index (κ1) is 46.2. The number of carbonyl (C=O) groups excluding carboxylic acids is 4. The summed E-state index contributed by atoms with van der Waals surface area (Å²) in [5, 5.41) is 9.32. The summed E-state index contributed by atoms with van der Waals surface area (Å²) in [5.41, 5.74) is 0.325. The molecule has 11 nitrogen and oxygen atoms in total. The molecule has 1 saturated heterocycles. The van der Waals surface area contributed by atoms with Crippen molar-refractivity contribution >= 4 is 34.8 Å². The second-order valence-electron chi connectivity index (χ2n) is 16.6. The molecule has 1 aromatic carbocycles. The fraction of sp³-hybridized carbons (Fsp3) is 0.698. The van der Waals surface area contributed by atoms with Crippen LogP contribution in [0.1, 0.15) is 111 Å². The maximum Gasteiger partial charge on any atom is 0.226 e. The van der Waals surface area contributed by atoms with E-state index in [2.05, 4.69) is 29.5 Å². The zero-order valence-corrected chi connectivity index (χ0v) is 36.3. The molecular formula is C43H69N5O6S. The number of hydrogen-bond donors (Lipinski definition) is 2. The first-order valence-electron chi connectivity index (χ1n) is 20.1. The van der Waals surface area contributed by atoms with Gasteiger partial charge in [0.15, 0.2) is 5.78 Å². The molecule has 1 aliphatic heterocycles. The fourth-order valence-electron chi connectivity index (χ4n) is 8.19. The van der Waals surface area contributed by atoms with E-state index < -0.39 is 35.6 Å². The first-order valence-corrected chi connectivity index (χ1v) is 21.0. The van der Waals surface area contributed by atoms with Crippen molar-refractivity contribution in [2.45, 2.75) is 143 Å². The average Bonchev–Trinajstić information content (AvgIpc) is 3.86. The number of carbonyl (C=O) groups is 4. The molecule has 308 valence electrons. The van der Waals surface area contributed by atoms with Gasteiger partial charge in [-0.1, -0.05) is 71.4 Å². The van der Waals surface area contributed by atoms with Crippen LogP contribution in [0.2, 0.25) is 0 Å². The summed E-state index contributed by atoms with van der Waals surface area (Å²) in [5.74, 6) is -1.51. The summed E-state index contributed by atoms with van der Waals surface area (Å²) in [6.45, 7) is 18.2. The topological polar surface area (TPSA) is 130 Å². The number of hydrogen-bond acceptors (Lipinski definition) is 9. The molecule has 0 spiro atoms. The van der Waals surface area contributed by atoms with Gasteiger partial charge in [-0.15, -0.1) is 11.3 Å². The predicted octanol–water partition coefficient (Wildman–Crippen LogP) is 6.47. The maximum atomic E-state index is 14.3. The number of rotatable bonds is 22. The summed E-state index contributed by atoms with van der Waals surface area (Å²) in [4.78, 5) is 64.1. The molecule has 1 unspecified atom stereocenters. The van der Waals surface area contributed by atoms with E-state index in [0.717, 1.165) is 23.4 Å². The number of amides is 3. The van der Waals surface area contributed by atoms with E-state index in [1.54, 1.807) is 32.4 Å². The number of thiazole rings is 1. The largest absolute Gasteiger partial charge is 0.379 e. The lowest BCUT2D eigenvalue weighted by molar-refractivity contribution is -0.149. The van der Waals surface area contributed by atoms with Crippen molar-refractivity contribution in [3.63, 3.8) is 0 Å². The number of nitrogens with zero attached hydrogens (tertiary/aromatic N) is 3. The Morgan fingerprint density at radius 1 is 1.02 bits per heavy atom. The number of Topliss-reactive ketones (excluding diaryl/α,β-unsaturated/α-hetero) is 1. The number of ketones is 1. The lowest BCUT2D eigenvalue weighted by Gasteiger charge is -2.41. The van der Waals surface area contributed by atoms with Crippen LogP contribution in [-0.4, -0.2) is 102 Å². The molecular weight excluding hydrogens is 715 g/mol. The summed E-state index contributed by atoms with van der Waals surface area (Å²) < 4.78 is 12.1. The summed E-state index contributed by atoms with van der Waals surface area (Å²) in [6, 6.07) is 9.14. The number of nitrogens with one attached hydrogen (secondary N) is 2. The van der Waals surface area contributed by atoms with Crippen LogP contribution in [0.25, 0.3) is 0 Å². The molecule has 1 aliphatic rings. The molecule has 0 bridgehead atoms. The zero-order valence-electron chi connectivity index (χ0n) is 35.5. The van der Waals surface area contributed by atoms with E-state index in [9.17, 15) is 19.2 Å². The molecule has 0 radical (unpaired) electrons. The number of benzene rings is 1. The Morgan fingerprint density at radius 2 is 1.69 bits per heavy atom. The van der Waals surface area contributed by atoms with Crippen LogP contribution in [0, 0.1) is 23.7 Å². The van der Waals surface area contributed by atoms with Crippen molar-refractivity contribution in [1.82, 2.24) is 25.4 Å². The van der Waals surface area contributed by atoms with Crippen molar-refractivity contribution in [2.24, 2.45) is 23.7 Å². The highest BCUT2D eigenvalue weighted by Gasteiger charge is 2.43. The molecule has 55 heavy (non-hydrogen) atoms. The van der Waals surface area contributed by atoms with Crippen LogP contribution in [0.5, 0.6) is 0 Å². The van der Waals surface area contributed by atoms with Gasteiger partial charge in [-0.3, -0.25) is 19.2 Å². The van der Waals surface area contributed by atoms with Gasteiger partial charge in [-0.05, 0) is 64.4 Å². The molecule has 2 N–H and O–H groups in total. The monoisotopic (exact) mass is 783 g/mol. The summed E-state index contributed by atoms with van der Waals surface area (Å²) >= 11 is 1.51. The van der Waals surface area contributed by atoms with Gasteiger partial charge in [0.05, 0.1) is 48.2 Å². The van der Waals surface area contributed by atoms with Gasteiger partial charge < -0.3 is 29.9 Å². The standard InChI is InChI=1S/C43H69N5O6S/c1-13-29(6)38(47(10)42(52)32(27(2)3)25-36(49)43(8,9)46-28(4)5)35(53-11)26-37(50)48-22-17-20-34(48)39(54-12)30(7)40(51)45-33(41-44-21-23-55-41)24-31-18-15-14-16-19-31/h14-16,18-19,21,23,27-30,32-35,38-39,46H,13,17,20,22,24-26H2,1-12H3,(H,45,51)/t29-,30+,32?,33-,34-,35+,38-,39+/m0/s1. The van der Waals surface area contributed by atoms with Crippen molar-refractivity contribution in [3.05, 3.63) is 52.5 Å². The predicted molar refractivity (Wildman–Crippen MR) is 220 cm³/mol. The fourth-order valence-corrected chi connectivity index (χ4v) is 8.88. The highest BCUT2D eigenvalue weighted by atomic mass is 32.1. The van der Waals surface area contributed by atoms with Gasteiger partial charge in [0, 0.05) is 57.8 Å². The van der Waals surface area contributed by atoms with Crippen LogP contribution in [0.4, 0.5) is 0 Å². The van der Waals surface area contributed by atoms with E-state index in [0.29, 0.717) is 19.4 Å². The molecule has 3 rings (SSSR count). The van der Waals surface area contributed by atoms with Crippen LogP contribution in [0.3, 0.4) is 0 Å². The Labute approximate surface area is 334 Å². The minimum Gasteiger partial charge on any atom is -0.379 e. The van der Waals surface area contributed by atoms with Crippen LogP contribution >= 0.6 is 11.3 Å². The third-order valence-corrected chi connectivity index (χ3v) is 12.4. The van der Waals surface area contributed by atoms with Gasteiger partial charge in [0.2, 0.25) is 17.7 Å². The molecule has 1 aromatic heterocycles. The van der Waals surface area contributed by atoms with E-state index in [1.165, 1.54) is 11.3 Å². The molecule has 0 aliphatic carbocycles. The second kappa shape index (κ2) is 21.4. The Morgan fingerprint density at radius 3 is 2.24 bits per heavy atom. The second-order valence-corrected chi connectivity index (χ2v) is 17.5. The summed E-state index contributed by atoms with van der Waals surface area (Å²) in [7, 11) is 4.98. The van der Waals surface area contributed by atoms with Gasteiger partial charge in [-0.2, -0.15) is 0 Å². The minimum absolute atomic E-state index is 0.00852. The van der Waals surface area contributed by atoms with Crippen molar-refractivity contribution in [3.8, 4) is 0 Å². The molecule has 0 saturated carbocycles. The average molecular weight is 784 g/mol. The van der Waals surface area contributed by atoms with E-state index in [4.69, 9.17) is 9.47 Å². The lowest BCUT2D eigenvalue weighted by atomic mass is 9.82. The highest BCUT2D eigenvalue weighted by molar-refractivity contribution is 7.09. The SMILES string of the molecule is CC[C@H](C)[C@@H]([C@@H](CC(=O)N1CCC[C@H]1[C@H](OC)[C@@H](C)C(=O)N[C@@H](Cc1ccccc1)c1nccs1)OC)N(C)C(=O)C(CC(=O)C(C)(C)NC(C)C)C(C)C. The van der Waals surface area contributed by atoms with E-state index in [1.807, 2.05) is 89.1 Å². The molecule has 2 heterocycles. The minimum atomic E-state index is -0.770. The van der Waals surface area contributed by atoms with Crippen molar-refractivity contribution in [1.29, 1.82) is 0 Å². The third kappa shape index (κ3) is 12.4. The maximum absolute atomic E-state index is 14.3. The first-order chi connectivity index (χ1) is 26.0. The number of methoxy groups -OCH3 is 2. The Kier molecular flexibility index (Phi) is 17.9. The van der Waals surface area contributed by atoms with Crippen LogP contribution < -0.4 is 10.6 Å². The molecule has 1 fully saturated rings. The number of ether oxygens (including phenoxy) is 2. The molecule has 2 aromatic rings. The van der Waals surface area contributed by atoms with Crippen LogP contribution in [-0.2, 0) is 35.1 Å². The number of aromatic nitrogens is 1. The lowest BCUT2D eigenvalue weighted by Crippen LogP contribution is -2.55. The van der Waals surface area contributed by atoms with Crippen molar-refractivity contribution < 1.29 is 28.7 Å². The quantitative estimate of drug-likeness (QED) is 0.139. The zero-order chi connectivity index (χ0) is 41.0. The third-order valence-electron chi connectivity index (χ3n) is 11.5. The smallest absolute Gasteiger partial charge is 0.226 e. The summed E-state index contributed by atoms with van der Waals surface area (Å²) in [6.07, 6.45) is 3.68. The Bertz CT molecular complexity index is 1500. The van der Waals surface area contributed by atoms with Crippen molar-refractivity contribution in [2.75, 3.05) is 27.8 Å². The van der Waals surface area contributed by atoms with Gasteiger partial charge >= 0.3 is 0 Å². The number of likely N-dealkylation sites (N-methyl/N-ethyl adjacent to an activating group) is 1. The number of likely N-dealkylation sites (tertiary alicyclic amines) is 1. The van der Waals surface area contributed by atoms with Gasteiger partial charge in [-0.25, -0.2) is 4.98 Å². The Balaban J connectivity index is 1.78. The molecule has 8 atom stereocenters. The van der Waals surface area contributed by atoms with Gasteiger partial charge in [0.25, 0.3) is 0 Å².